The molecule has 0 aliphatic rings. The SMILES string of the molecule is Cc1ccc(-c2ccc(N=C=O)cn2)cc1. The third kappa shape index (κ3) is 2.22. The van der Waals surface area contributed by atoms with Crippen LogP contribution in [0.2, 0.25) is 0 Å². The minimum absolute atomic E-state index is 0.519. The van der Waals surface area contributed by atoms with Crippen molar-refractivity contribution in [2.75, 3.05) is 0 Å². The Morgan fingerprint density at radius 3 is 2.44 bits per heavy atom. The highest BCUT2D eigenvalue weighted by atomic mass is 16.1. The van der Waals surface area contributed by atoms with E-state index in [0.717, 1.165) is 11.3 Å². The molecule has 3 nitrogen and oxygen atoms in total. The van der Waals surface area contributed by atoms with E-state index in [4.69, 9.17) is 0 Å². The van der Waals surface area contributed by atoms with Crippen LogP contribution in [-0.4, -0.2) is 11.1 Å². The third-order valence-corrected chi connectivity index (χ3v) is 2.27. The van der Waals surface area contributed by atoms with Gasteiger partial charge in [0.1, 0.15) is 0 Å². The third-order valence-electron chi connectivity index (χ3n) is 2.27. The fourth-order valence-electron chi connectivity index (χ4n) is 1.40. The molecule has 0 bridgehead atoms. The lowest BCUT2D eigenvalue weighted by atomic mass is 10.1. The molecule has 0 radical (unpaired) electrons. The van der Waals surface area contributed by atoms with E-state index < -0.39 is 0 Å². The molecule has 0 atom stereocenters. The first-order chi connectivity index (χ1) is 7.79. The molecule has 0 saturated carbocycles. The maximum atomic E-state index is 10.0. The molecule has 0 aliphatic heterocycles. The normalized spacial score (nSPS) is 9.56. The number of nitrogens with zero attached hydrogens (tertiary/aromatic N) is 2. The molecule has 1 aromatic carbocycles. The molecule has 2 rings (SSSR count). The van der Waals surface area contributed by atoms with Gasteiger partial charge in [0.15, 0.2) is 0 Å². The maximum Gasteiger partial charge on any atom is 0.240 e. The second-order valence-electron chi connectivity index (χ2n) is 3.47. The largest absolute Gasteiger partial charge is 0.254 e. The van der Waals surface area contributed by atoms with Crippen LogP contribution in [0.25, 0.3) is 11.3 Å². The zero-order chi connectivity index (χ0) is 11.4. The molecule has 0 aliphatic carbocycles. The highest BCUT2D eigenvalue weighted by molar-refractivity contribution is 5.61. The molecule has 0 spiro atoms. The molecule has 1 aromatic heterocycles. The zero-order valence-electron chi connectivity index (χ0n) is 8.84. The highest BCUT2D eigenvalue weighted by Crippen LogP contribution is 2.19. The summed E-state index contributed by atoms with van der Waals surface area (Å²) in [5.41, 5.74) is 3.65. The number of aliphatic imine (C=N–C) groups is 1. The fourth-order valence-corrected chi connectivity index (χ4v) is 1.40. The summed E-state index contributed by atoms with van der Waals surface area (Å²) in [6.45, 7) is 2.04. The van der Waals surface area contributed by atoms with Gasteiger partial charge in [-0.05, 0) is 19.1 Å². The second kappa shape index (κ2) is 4.51. The Kier molecular flexibility index (Phi) is 2.90. The van der Waals surface area contributed by atoms with Crippen molar-refractivity contribution in [2.24, 2.45) is 4.99 Å². The van der Waals surface area contributed by atoms with Crippen molar-refractivity contribution >= 4 is 11.8 Å². The van der Waals surface area contributed by atoms with Gasteiger partial charge in [-0.25, -0.2) is 4.79 Å². The molecule has 0 N–H and O–H groups in total. The number of carbonyl (C=O) groups excluding carboxylic acids is 1. The molecule has 1 heterocycles. The molecular formula is C13H10N2O. The quantitative estimate of drug-likeness (QED) is 0.564. The Hall–Kier alpha value is -2.25. The molecule has 0 amide bonds. The van der Waals surface area contributed by atoms with Gasteiger partial charge in [-0.2, -0.15) is 4.99 Å². The van der Waals surface area contributed by atoms with Gasteiger partial charge in [-0.1, -0.05) is 29.8 Å². The monoisotopic (exact) mass is 210 g/mol. The smallest absolute Gasteiger partial charge is 0.240 e. The van der Waals surface area contributed by atoms with Crippen molar-refractivity contribution < 1.29 is 4.79 Å². The first-order valence-corrected chi connectivity index (χ1v) is 4.90. The average Bonchev–Trinajstić information content (AvgIpc) is 2.32. The van der Waals surface area contributed by atoms with Crippen LogP contribution in [0, 0.1) is 6.92 Å². The number of isocyanates is 1. The first-order valence-electron chi connectivity index (χ1n) is 4.90. The summed E-state index contributed by atoms with van der Waals surface area (Å²) in [5, 5.41) is 0. The van der Waals surface area contributed by atoms with Crippen LogP contribution in [0.15, 0.2) is 47.6 Å². The van der Waals surface area contributed by atoms with E-state index in [0.29, 0.717) is 5.69 Å². The molecule has 0 saturated heterocycles. The van der Waals surface area contributed by atoms with E-state index in [9.17, 15) is 4.79 Å². The van der Waals surface area contributed by atoms with Crippen molar-refractivity contribution in [1.29, 1.82) is 0 Å². The number of rotatable bonds is 2. The Bertz CT molecular complexity index is 523. The predicted octanol–water partition coefficient (Wildman–Crippen LogP) is 3.02. The lowest BCUT2D eigenvalue weighted by Crippen LogP contribution is -1.82. The van der Waals surface area contributed by atoms with E-state index >= 15 is 0 Å². The maximum absolute atomic E-state index is 10.0. The molecule has 0 unspecified atom stereocenters. The van der Waals surface area contributed by atoms with Crippen molar-refractivity contribution in [3.05, 3.63) is 48.2 Å². The number of hydrogen-bond donors (Lipinski definition) is 0. The molecule has 0 fully saturated rings. The van der Waals surface area contributed by atoms with Crippen LogP contribution in [0.1, 0.15) is 5.56 Å². The summed E-state index contributed by atoms with van der Waals surface area (Å²) in [4.78, 5) is 17.8. The lowest BCUT2D eigenvalue weighted by molar-refractivity contribution is 0.565. The minimum atomic E-state index is 0.519. The van der Waals surface area contributed by atoms with Gasteiger partial charge in [0.2, 0.25) is 6.08 Å². The number of hydrogen-bond acceptors (Lipinski definition) is 3. The van der Waals surface area contributed by atoms with E-state index in [1.807, 2.05) is 37.3 Å². The molecule has 78 valence electrons. The van der Waals surface area contributed by atoms with Crippen molar-refractivity contribution in [1.82, 2.24) is 4.98 Å². The number of benzene rings is 1. The average molecular weight is 210 g/mol. The number of aromatic nitrogens is 1. The van der Waals surface area contributed by atoms with Crippen LogP contribution in [-0.2, 0) is 4.79 Å². The summed E-state index contributed by atoms with van der Waals surface area (Å²) >= 11 is 0. The minimum Gasteiger partial charge on any atom is -0.254 e. The topological polar surface area (TPSA) is 42.3 Å². The van der Waals surface area contributed by atoms with Crippen LogP contribution in [0.5, 0.6) is 0 Å². The molecule has 3 heteroatoms. The summed E-state index contributed by atoms with van der Waals surface area (Å²) < 4.78 is 0. The molecule has 16 heavy (non-hydrogen) atoms. The fraction of sp³-hybridized carbons (Fsp3) is 0.0769. The van der Waals surface area contributed by atoms with Crippen molar-refractivity contribution in [3.8, 4) is 11.3 Å². The van der Waals surface area contributed by atoms with Gasteiger partial charge >= 0.3 is 0 Å². The van der Waals surface area contributed by atoms with Gasteiger partial charge in [0.05, 0.1) is 17.6 Å². The first kappa shape index (κ1) is 10.3. The summed E-state index contributed by atoms with van der Waals surface area (Å²) in [6.07, 6.45) is 3.04. The Morgan fingerprint density at radius 1 is 1.12 bits per heavy atom. The summed E-state index contributed by atoms with van der Waals surface area (Å²) in [6, 6.07) is 11.7. The van der Waals surface area contributed by atoms with Gasteiger partial charge < -0.3 is 0 Å². The van der Waals surface area contributed by atoms with Crippen LogP contribution < -0.4 is 0 Å². The Labute approximate surface area is 93.5 Å². The van der Waals surface area contributed by atoms with Crippen LogP contribution in [0.3, 0.4) is 0 Å². The number of pyridine rings is 1. The molecule has 2 aromatic rings. The zero-order valence-corrected chi connectivity index (χ0v) is 8.84. The van der Waals surface area contributed by atoms with Crippen molar-refractivity contribution in [2.45, 2.75) is 6.92 Å². The van der Waals surface area contributed by atoms with E-state index in [-0.39, 0.29) is 0 Å². The summed E-state index contributed by atoms with van der Waals surface area (Å²) in [7, 11) is 0. The second-order valence-corrected chi connectivity index (χ2v) is 3.47. The lowest BCUT2D eigenvalue weighted by Gasteiger charge is -2.01. The van der Waals surface area contributed by atoms with Gasteiger partial charge in [0.25, 0.3) is 0 Å². The van der Waals surface area contributed by atoms with Crippen molar-refractivity contribution in [3.63, 3.8) is 0 Å². The Morgan fingerprint density at radius 2 is 1.88 bits per heavy atom. The van der Waals surface area contributed by atoms with E-state index in [1.54, 1.807) is 12.3 Å². The standard InChI is InChI=1S/C13H10N2O/c1-10-2-4-11(5-3-10)13-7-6-12(8-14-13)15-9-16/h2-8H,1H3. The van der Waals surface area contributed by atoms with Gasteiger partial charge in [-0.15, -0.1) is 0 Å². The van der Waals surface area contributed by atoms with Gasteiger partial charge in [-0.3, -0.25) is 4.98 Å². The van der Waals surface area contributed by atoms with Crippen LogP contribution >= 0.6 is 0 Å². The molecular weight excluding hydrogens is 200 g/mol. The predicted molar refractivity (Wildman–Crippen MR) is 62.2 cm³/mol. The van der Waals surface area contributed by atoms with Gasteiger partial charge in [0, 0.05) is 5.56 Å². The summed E-state index contributed by atoms with van der Waals surface area (Å²) in [5.74, 6) is 0. The van der Waals surface area contributed by atoms with Crippen LogP contribution in [0.4, 0.5) is 5.69 Å². The van der Waals surface area contributed by atoms with E-state index in [1.165, 1.54) is 11.6 Å². The number of aryl methyl sites for hydroxylation is 1. The van der Waals surface area contributed by atoms with E-state index in [2.05, 4.69) is 9.98 Å². The Balaban J connectivity index is 2.34. The highest BCUT2D eigenvalue weighted by Gasteiger charge is 1.98.